The number of rotatable bonds is 5. The molecule has 2 heteroatoms. The van der Waals surface area contributed by atoms with E-state index in [-0.39, 0.29) is 0 Å². The highest BCUT2D eigenvalue weighted by atomic mass is 15.3. The zero-order valence-corrected chi connectivity index (χ0v) is 5.93. The molecule has 0 saturated heterocycles. The fraction of sp³-hybridized carbons (Fsp3) is 0.571. The maximum atomic E-state index is 3.90. The summed E-state index contributed by atoms with van der Waals surface area (Å²) in [5.41, 5.74) is 2.84. The topological polar surface area (TPSA) is 24.4 Å². The molecule has 52 valence electrons. The van der Waals surface area contributed by atoms with Crippen LogP contribution in [-0.4, -0.2) is 12.8 Å². The van der Waals surface area contributed by atoms with E-state index >= 15 is 0 Å². The number of hydrogen-bond acceptors (Lipinski definition) is 2. The van der Waals surface area contributed by atoms with Gasteiger partial charge in [0.25, 0.3) is 0 Å². The van der Waals surface area contributed by atoms with E-state index in [4.69, 9.17) is 0 Å². The predicted octanol–water partition coefficient (Wildman–Crippen LogP) is 1.55. The van der Waals surface area contributed by atoms with Crippen molar-refractivity contribution in [3.63, 3.8) is 0 Å². The third-order valence-electron chi connectivity index (χ3n) is 0.841. The Balaban J connectivity index is 2.94. The average Bonchev–Trinajstić information content (AvgIpc) is 1.89. The number of hydrogen-bond donors (Lipinski definition) is 1. The van der Waals surface area contributed by atoms with Crippen LogP contribution in [0.15, 0.2) is 17.8 Å². The van der Waals surface area contributed by atoms with Crippen LogP contribution in [0, 0.1) is 0 Å². The van der Waals surface area contributed by atoms with E-state index in [0.717, 1.165) is 19.4 Å². The highest BCUT2D eigenvalue weighted by Crippen LogP contribution is 1.82. The van der Waals surface area contributed by atoms with Crippen LogP contribution in [0.25, 0.3) is 0 Å². The zero-order chi connectivity index (χ0) is 6.95. The van der Waals surface area contributed by atoms with Crippen molar-refractivity contribution in [2.45, 2.75) is 19.8 Å². The van der Waals surface area contributed by atoms with Gasteiger partial charge in [-0.15, -0.1) is 6.58 Å². The molecule has 0 aromatic rings. The van der Waals surface area contributed by atoms with Gasteiger partial charge in [0.1, 0.15) is 0 Å². The van der Waals surface area contributed by atoms with Crippen molar-refractivity contribution in [3.05, 3.63) is 12.7 Å². The van der Waals surface area contributed by atoms with Crippen molar-refractivity contribution >= 4 is 6.21 Å². The monoisotopic (exact) mass is 126 g/mol. The number of allylic oxidation sites excluding steroid dienone is 1. The van der Waals surface area contributed by atoms with Gasteiger partial charge >= 0.3 is 0 Å². The van der Waals surface area contributed by atoms with Gasteiger partial charge in [-0.25, -0.2) is 0 Å². The molecule has 1 N–H and O–H groups in total. The molecule has 0 aromatic heterocycles. The lowest BCUT2D eigenvalue weighted by molar-refractivity contribution is 0.783. The first-order chi connectivity index (χ1) is 4.41. The Morgan fingerprint density at radius 3 is 2.89 bits per heavy atom. The molecule has 0 radical (unpaired) electrons. The van der Waals surface area contributed by atoms with Crippen LogP contribution in [0.1, 0.15) is 19.8 Å². The maximum absolute atomic E-state index is 3.90. The van der Waals surface area contributed by atoms with Crippen LogP contribution in [0.5, 0.6) is 0 Å². The minimum atomic E-state index is 0.893. The zero-order valence-electron chi connectivity index (χ0n) is 5.93. The molecular weight excluding hydrogens is 112 g/mol. The summed E-state index contributed by atoms with van der Waals surface area (Å²) in [7, 11) is 0. The molecule has 0 bridgehead atoms. The number of hydrazone groups is 1. The Kier molecular flexibility index (Phi) is 6.58. The van der Waals surface area contributed by atoms with E-state index in [9.17, 15) is 0 Å². The highest BCUT2D eigenvalue weighted by molar-refractivity contribution is 5.56. The second-order valence-corrected chi connectivity index (χ2v) is 1.69. The molecule has 0 aliphatic carbocycles. The molecule has 0 atom stereocenters. The van der Waals surface area contributed by atoms with Gasteiger partial charge in [0.2, 0.25) is 0 Å². The second kappa shape index (κ2) is 7.21. The highest BCUT2D eigenvalue weighted by Gasteiger charge is 1.73. The van der Waals surface area contributed by atoms with Crippen LogP contribution in [-0.2, 0) is 0 Å². The van der Waals surface area contributed by atoms with E-state index in [1.54, 1.807) is 0 Å². The summed E-state index contributed by atoms with van der Waals surface area (Å²) in [4.78, 5) is 0. The van der Waals surface area contributed by atoms with E-state index in [1.807, 2.05) is 19.2 Å². The Bertz CT molecular complexity index is 86.9. The SMILES string of the molecule is C=CCC/C=N\NCC. The summed E-state index contributed by atoms with van der Waals surface area (Å²) in [6.45, 7) is 6.51. The van der Waals surface area contributed by atoms with Crippen molar-refractivity contribution in [1.29, 1.82) is 0 Å². The van der Waals surface area contributed by atoms with Gasteiger partial charge < -0.3 is 5.43 Å². The maximum Gasteiger partial charge on any atom is 0.0301 e. The fourth-order valence-corrected chi connectivity index (χ4v) is 0.413. The van der Waals surface area contributed by atoms with Crippen molar-refractivity contribution in [1.82, 2.24) is 5.43 Å². The van der Waals surface area contributed by atoms with Gasteiger partial charge in [-0.3, -0.25) is 0 Å². The molecule has 2 nitrogen and oxygen atoms in total. The third-order valence-corrected chi connectivity index (χ3v) is 0.841. The van der Waals surface area contributed by atoms with Crippen molar-refractivity contribution < 1.29 is 0 Å². The Hall–Kier alpha value is -0.790. The van der Waals surface area contributed by atoms with E-state index < -0.39 is 0 Å². The van der Waals surface area contributed by atoms with Crippen LogP contribution in [0.4, 0.5) is 0 Å². The molecule has 0 unspecified atom stereocenters. The van der Waals surface area contributed by atoms with Crippen LogP contribution >= 0.6 is 0 Å². The largest absolute Gasteiger partial charge is 0.311 e. The summed E-state index contributed by atoms with van der Waals surface area (Å²) in [5.74, 6) is 0. The summed E-state index contributed by atoms with van der Waals surface area (Å²) in [5, 5.41) is 3.90. The van der Waals surface area contributed by atoms with Crippen LogP contribution in [0.3, 0.4) is 0 Å². The lowest BCUT2D eigenvalue weighted by atomic mass is 10.3. The quantitative estimate of drug-likeness (QED) is 0.257. The number of nitrogens with zero attached hydrogens (tertiary/aromatic N) is 1. The summed E-state index contributed by atoms with van der Waals surface area (Å²) in [6.07, 6.45) is 5.74. The molecule has 0 amide bonds. The Morgan fingerprint density at radius 2 is 2.33 bits per heavy atom. The molecule has 0 aliphatic rings. The lowest BCUT2D eigenvalue weighted by Gasteiger charge is -1.89. The smallest absolute Gasteiger partial charge is 0.0301 e. The van der Waals surface area contributed by atoms with Gasteiger partial charge in [-0.05, 0) is 19.8 Å². The minimum Gasteiger partial charge on any atom is -0.311 e. The standard InChI is InChI=1S/C7H14N2/c1-3-5-6-7-9-8-4-2/h3,7-8H,1,4-6H2,2H3/b9-7-. The molecule has 0 spiro atoms. The Labute approximate surface area is 56.7 Å². The van der Waals surface area contributed by atoms with Gasteiger partial charge in [-0.2, -0.15) is 5.10 Å². The van der Waals surface area contributed by atoms with Crippen molar-refractivity contribution in [2.24, 2.45) is 5.10 Å². The molecular formula is C7H14N2. The fourth-order valence-electron chi connectivity index (χ4n) is 0.413. The number of unbranched alkanes of at least 4 members (excludes halogenated alkanes) is 1. The Morgan fingerprint density at radius 1 is 1.56 bits per heavy atom. The second-order valence-electron chi connectivity index (χ2n) is 1.69. The van der Waals surface area contributed by atoms with Crippen molar-refractivity contribution in [3.8, 4) is 0 Å². The summed E-state index contributed by atoms with van der Waals surface area (Å²) >= 11 is 0. The first-order valence-electron chi connectivity index (χ1n) is 3.27. The first kappa shape index (κ1) is 8.21. The first-order valence-corrected chi connectivity index (χ1v) is 3.27. The molecule has 0 heterocycles. The average molecular weight is 126 g/mol. The van der Waals surface area contributed by atoms with Gasteiger partial charge in [0.15, 0.2) is 0 Å². The van der Waals surface area contributed by atoms with Crippen molar-refractivity contribution in [2.75, 3.05) is 6.54 Å². The molecule has 0 aliphatic heterocycles. The molecule has 0 aromatic carbocycles. The minimum absolute atomic E-state index is 0.893. The molecule has 0 rings (SSSR count). The van der Waals surface area contributed by atoms with E-state index in [0.29, 0.717) is 0 Å². The molecule has 9 heavy (non-hydrogen) atoms. The number of nitrogens with one attached hydrogen (secondary N) is 1. The molecule has 0 fully saturated rings. The lowest BCUT2D eigenvalue weighted by Crippen LogP contribution is -2.02. The van der Waals surface area contributed by atoms with Gasteiger partial charge in [0.05, 0.1) is 0 Å². The van der Waals surface area contributed by atoms with Crippen LogP contribution in [0.2, 0.25) is 0 Å². The molecule has 0 saturated carbocycles. The van der Waals surface area contributed by atoms with E-state index in [2.05, 4.69) is 17.1 Å². The van der Waals surface area contributed by atoms with Crippen LogP contribution < -0.4 is 5.43 Å². The van der Waals surface area contributed by atoms with E-state index in [1.165, 1.54) is 0 Å². The van der Waals surface area contributed by atoms with Gasteiger partial charge in [-0.1, -0.05) is 6.08 Å². The third kappa shape index (κ3) is 7.21. The summed E-state index contributed by atoms with van der Waals surface area (Å²) in [6, 6.07) is 0. The predicted molar refractivity (Wildman–Crippen MR) is 41.6 cm³/mol. The summed E-state index contributed by atoms with van der Waals surface area (Å²) < 4.78 is 0. The van der Waals surface area contributed by atoms with Gasteiger partial charge in [0, 0.05) is 12.8 Å². The normalized spacial score (nSPS) is 9.89.